The average Bonchev–Trinajstić information content (AvgIpc) is 2.43. The average molecular weight is 319 g/mol. The van der Waals surface area contributed by atoms with Crippen molar-refractivity contribution < 1.29 is 19.1 Å². The summed E-state index contributed by atoms with van der Waals surface area (Å²) in [7, 11) is 0. The first kappa shape index (κ1) is 18.7. The van der Waals surface area contributed by atoms with Crippen LogP contribution in [0.5, 0.6) is 0 Å². The summed E-state index contributed by atoms with van der Waals surface area (Å²) in [6.45, 7) is 10.4. The molecular formula is C18H25NO4. The van der Waals surface area contributed by atoms with Gasteiger partial charge in [0.1, 0.15) is 11.7 Å². The fraction of sp³-hybridized carbons (Fsp3) is 0.444. The van der Waals surface area contributed by atoms with Gasteiger partial charge in [-0.3, -0.25) is 4.79 Å². The number of rotatable bonds is 6. The van der Waals surface area contributed by atoms with Crippen molar-refractivity contribution in [1.82, 2.24) is 5.32 Å². The van der Waals surface area contributed by atoms with Gasteiger partial charge in [-0.15, -0.1) is 0 Å². The van der Waals surface area contributed by atoms with Gasteiger partial charge in [-0.25, -0.2) is 4.79 Å². The van der Waals surface area contributed by atoms with Crippen molar-refractivity contribution in [3.8, 4) is 0 Å². The molecule has 1 aromatic carbocycles. The normalized spacial score (nSPS) is 13.6. The quantitative estimate of drug-likeness (QED) is 0.646. The van der Waals surface area contributed by atoms with Gasteiger partial charge < -0.3 is 14.8 Å². The Morgan fingerprint density at radius 1 is 1.26 bits per heavy atom. The van der Waals surface area contributed by atoms with Crippen molar-refractivity contribution in [2.75, 3.05) is 0 Å². The van der Waals surface area contributed by atoms with E-state index in [-0.39, 0.29) is 0 Å². The van der Waals surface area contributed by atoms with E-state index in [0.29, 0.717) is 6.42 Å². The topological polar surface area (TPSA) is 64.6 Å². The monoisotopic (exact) mass is 319 g/mol. The Labute approximate surface area is 137 Å². The number of nitrogens with one attached hydrogen (secondary N) is 1. The first-order valence-electron chi connectivity index (χ1n) is 7.54. The number of benzene rings is 1. The maximum atomic E-state index is 12.1. The van der Waals surface area contributed by atoms with E-state index in [0.717, 1.165) is 5.56 Å². The molecule has 2 atom stereocenters. The minimum Gasteiger partial charge on any atom is -0.456 e. The Morgan fingerprint density at radius 3 is 2.35 bits per heavy atom. The van der Waals surface area contributed by atoms with Crippen LogP contribution < -0.4 is 5.32 Å². The molecule has 1 amide bonds. The molecule has 0 saturated heterocycles. The number of hydrogen-bond acceptors (Lipinski definition) is 4. The van der Waals surface area contributed by atoms with E-state index in [1.54, 1.807) is 20.8 Å². The second-order valence-electron chi connectivity index (χ2n) is 6.25. The molecule has 5 heteroatoms. The SMILES string of the molecule is C=CC(OC(C)=O)C(Cc1ccccc1)NC(=O)OC(C)(C)C. The Kier molecular flexibility index (Phi) is 6.82. The standard InChI is InChI=1S/C18H25NO4/c1-6-16(22-13(2)20)15(12-14-10-8-7-9-11-14)19-17(21)23-18(3,4)5/h6-11,15-16H,1,12H2,2-5H3,(H,19,21). The summed E-state index contributed by atoms with van der Waals surface area (Å²) in [5, 5.41) is 2.77. The summed E-state index contributed by atoms with van der Waals surface area (Å²) < 4.78 is 10.5. The molecule has 1 aromatic rings. The number of carbonyl (C=O) groups excluding carboxylic acids is 2. The molecule has 0 aromatic heterocycles. The van der Waals surface area contributed by atoms with Gasteiger partial charge in [0.15, 0.2) is 0 Å². The lowest BCUT2D eigenvalue weighted by molar-refractivity contribution is -0.145. The van der Waals surface area contributed by atoms with Gasteiger partial charge in [0.2, 0.25) is 0 Å². The molecule has 5 nitrogen and oxygen atoms in total. The van der Waals surface area contributed by atoms with Crippen LogP contribution in [-0.2, 0) is 20.7 Å². The van der Waals surface area contributed by atoms with Crippen LogP contribution in [0.4, 0.5) is 4.79 Å². The van der Waals surface area contributed by atoms with Gasteiger partial charge >= 0.3 is 12.1 Å². The van der Waals surface area contributed by atoms with Crippen LogP contribution in [0.2, 0.25) is 0 Å². The van der Waals surface area contributed by atoms with Crippen LogP contribution in [0, 0.1) is 0 Å². The number of hydrogen-bond donors (Lipinski definition) is 1. The van der Waals surface area contributed by atoms with Crippen LogP contribution in [0.25, 0.3) is 0 Å². The van der Waals surface area contributed by atoms with Gasteiger partial charge in [0, 0.05) is 6.92 Å². The third-order valence-corrected chi connectivity index (χ3v) is 2.93. The summed E-state index contributed by atoms with van der Waals surface area (Å²) in [5.41, 5.74) is 0.402. The zero-order chi connectivity index (χ0) is 17.5. The highest BCUT2D eigenvalue weighted by atomic mass is 16.6. The van der Waals surface area contributed by atoms with Crippen LogP contribution >= 0.6 is 0 Å². The molecule has 0 heterocycles. The number of ether oxygens (including phenoxy) is 2. The van der Waals surface area contributed by atoms with Gasteiger partial charge in [-0.1, -0.05) is 36.9 Å². The highest BCUT2D eigenvalue weighted by Gasteiger charge is 2.26. The fourth-order valence-corrected chi connectivity index (χ4v) is 2.06. The Hall–Kier alpha value is -2.30. The van der Waals surface area contributed by atoms with Gasteiger partial charge in [0.25, 0.3) is 0 Å². The predicted molar refractivity (Wildman–Crippen MR) is 89.1 cm³/mol. The number of carbonyl (C=O) groups is 2. The number of amides is 1. The summed E-state index contributed by atoms with van der Waals surface area (Å²) in [5.74, 6) is -0.432. The minimum atomic E-state index is -0.639. The van der Waals surface area contributed by atoms with E-state index in [2.05, 4.69) is 11.9 Å². The van der Waals surface area contributed by atoms with Crippen LogP contribution in [0.1, 0.15) is 33.3 Å². The van der Waals surface area contributed by atoms with E-state index in [1.165, 1.54) is 13.0 Å². The third-order valence-electron chi connectivity index (χ3n) is 2.93. The molecule has 0 saturated carbocycles. The summed E-state index contributed by atoms with van der Waals surface area (Å²) in [4.78, 5) is 23.3. The van der Waals surface area contributed by atoms with Gasteiger partial charge in [-0.2, -0.15) is 0 Å². The lowest BCUT2D eigenvalue weighted by Gasteiger charge is -2.27. The molecule has 0 fully saturated rings. The maximum Gasteiger partial charge on any atom is 0.408 e. The Balaban J connectivity index is 2.88. The van der Waals surface area contributed by atoms with E-state index < -0.39 is 29.8 Å². The highest BCUT2D eigenvalue weighted by molar-refractivity contribution is 5.69. The van der Waals surface area contributed by atoms with E-state index in [1.807, 2.05) is 30.3 Å². The number of alkyl carbamates (subject to hydrolysis) is 1. The van der Waals surface area contributed by atoms with Crippen LogP contribution in [-0.4, -0.2) is 29.8 Å². The first-order valence-corrected chi connectivity index (χ1v) is 7.54. The van der Waals surface area contributed by atoms with Gasteiger partial charge in [0.05, 0.1) is 6.04 Å². The molecule has 1 N–H and O–H groups in total. The maximum absolute atomic E-state index is 12.1. The predicted octanol–water partition coefficient (Wildman–Crippen LogP) is 3.24. The lowest BCUT2D eigenvalue weighted by atomic mass is 10.0. The zero-order valence-corrected chi connectivity index (χ0v) is 14.2. The molecule has 0 aliphatic carbocycles. The largest absolute Gasteiger partial charge is 0.456 e. The number of esters is 1. The molecule has 0 aliphatic rings. The van der Waals surface area contributed by atoms with Gasteiger partial charge in [-0.05, 0) is 38.8 Å². The smallest absolute Gasteiger partial charge is 0.408 e. The molecule has 0 radical (unpaired) electrons. The van der Waals surface area contributed by atoms with Crippen molar-refractivity contribution in [3.05, 3.63) is 48.6 Å². The molecule has 0 aliphatic heterocycles. The second kappa shape index (κ2) is 8.36. The van der Waals surface area contributed by atoms with Crippen molar-refractivity contribution >= 4 is 12.1 Å². The van der Waals surface area contributed by atoms with E-state index in [4.69, 9.17) is 9.47 Å². The molecule has 23 heavy (non-hydrogen) atoms. The van der Waals surface area contributed by atoms with Crippen molar-refractivity contribution in [2.24, 2.45) is 0 Å². The van der Waals surface area contributed by atoms with Crippen molar-refractivity contribution in [3.63, 3.8) is 0 Å². The van der Waals surface area contributed by atoms with Crippen LogP contribution in [0.15, 0.2) is 43.0 Å². The fourth-order valence-electron chi connectivity index (χ4n) is 2.06. The highest BCUT2D eigenvalue weighted by Crippen LogP contribution is 2.12. The van der Waals surface area contributed by atoms with Crippen molar-refractivity contribution in [1.29, 1.82) is 0 Å². The lowest BCUT2D eigenvalue weighted by Crippen LogP contribution is -2.47. The first-order chi connectivity index (χ1) is 10.7. The molecule has 126 valence electrons. The minimum absolute atomic E-state index is 0.432. The zero-order valence-electron chi connectivity index (χ0n) is 14.2. The molecule has 2 unspecified atom stereocenters. The Bertz CT molecular complexity index is 534. The van der Waals surface area contributed by atoms with Crippen molar-refractivity contribution in [2.45, 2.75) is 51.9 Å². The Morgan fingerprint density at radius 2 is 1.87 bits per heavy atom. The summed E-state index contributed by atoms with van der Waals surface area (Å²) >= 11 is 0. The van der Waals surface area contributed by atoms with E-state index in [9.17, 15) is 9.59 Å². The second-order valence-corrected chi connectivity index (χ2v) is 6.25. The van der Waals surface area contributed by atoms with Crippen LogP contribution in [0.3, 0.4) is 0 Å². The van der Waals surface area contributed by atoms with E-state index >= 15 is 0 Å². The summed E-state index contributed by atoms with van der Waals surface area (Å²) in [6.07, 6.45) is 0.800. The molecule has 0 bridgehead atoms. The molecular weight excluding hydrogens is 294 g/mol. The molecule has 0 spiro atoms. The molecule has 1 rings (SSSR count). The summed E-state index contributed by atoms with van der Waals surface area (Å²) in [6, 6.07) is 9.16. The third kappa shape index (κ3) is 7.49.